The van der Waals surface area contributed by atoms with Crippen LogP contribution in [0, 0.1) is 0 Å². The van der Waals surface area contributed by atoms with Gasteiger partial charge in [-0.25, -0.2) is 8.42 Å². The molecule has 7 nitrogen and oxygen atoms in total. The lowest BCUT2D eigenvalue weighted by molar-refractivity contribution is 0.0658. The first kappa shape index (κ1) is 15.6. The molecule has 1 N–H and O–H groups in total. The molecule has 0 spiro atoms. The summed E-state index contributed by atoms with van der Waals surface area (Å²) in [6.07, 6.45) is 4.67. The number of aromatic amines is 1. The maximum Gasteiger partial charge on any atom is 0.254 e. The number of carbonyl (C=O) groups excluding carboxylic acids is 1. The highest BCUT2D eigenvalue weighted by atomic mass is 32.2. The van der Waals surface area contributed by atoms with Crippen molar-refractivity contribution in [1.82, 2.24) is 20.3 Å². The molecule has 24 heavy (non-hydrogen) atoms. The summed E-state index contributed by atoms with van der Waals surface area (Å²) in [7, 11) is -3.12. The Morgan fingerprint density at radius 3 is 2.50 bits per heavy atom. The monoisotopic (exact) mass is 348 g/mol. The maximum absolute atomic E-state index is 12.7. The standard InChI is InChI=1S/C16H20N4O3S/c21-16(11-6-7-14-15(8-11)18-19-17-14)20-9-13(10-20)24(22,23)12-4-2-1-3-5-12/h6-8,12-13H,1-5,9-10H2,(H,17,18,19). The molecule has 0 atom stereocenters. The number of likely N-dealkylation sites (tertiary alicyclic amines) is 1. The highest BCUT2D eigenvalue weighted by Crippen LogP contribution is 2.30. The van der Waals surface area contributed by atoms with Gasteiger partial charge < -0.3 is 4.90 Å². The van der Waals surface area contributed by atoms with E-state index >= 15 is 0 Å². The Kier molecular flexibility index (Phi) is 3.79. The number of nitrogens with zero attached hydrogens (tertiary/aromatic N) is 3. The van der Waals surface area contributed by atoms with Gasteiger partial charge in [-0.2, -0.15) is 15.4 Å². The average Bonchev–Trinajstić information content (AvgIpc) is 3.01. The zero-order valence-electron chi connectivity index (χ0n) is 13.3. The Morgan fingerprint density at radius 1 is 1.04 bits per heavy atom. The van der Waals surface area contributed by atoms with Crippen molar-refractivity contribution in [3.05, 3.63) is 23.8 Å². The van der Waals surface area contributed by atoms with Gasteiger partial charge >= 0.3 is 0 Å². The summed E-state index contributed by atoms with van der Waals surface area (Å²) in [5.74, 6) is -0.144. The Labute approximate surface area is 140 Å². The molecule has 1 saturated heterocycles. The minimum absolute atomic E-state index is 0.144. The number of benzene rings is 1. The van der Waals surface area contributed by atoms with Crippen molar-refractivity contribution in [3.63, 3.8) is 0 Å². The number of sulfone groups is 1. The molecule has 4 rings (SSSR count). The van der Waals surface area contributed by atoms with Gasteiger partial charge in [0.2, 0.25) is 0 Å². The van der Waals surface area contributed by atoms with Gasteiger partial charge in [0.15, 0.2) is 9.84 Å². The predicted octanol–water partition coefficient (Wildman–Crippen LogP) is 1.53. The SMILES string of the molecule is O=C(c1ccc2n[nH]nc2c1)N1CC(S(=O)(=O)C2CCCCC2)C1. The third-order valence-corrected chi connectivity index (χ3v) is 7.81. The summed E-state index contributed by atoms with van der Waals surface area (Å²) < 4.78 is 25.3. The van der Waals surface area contributed by atoms with Gasteiger partial charge in [-0.05, 0) is 31.0 Å². The largest absolute Gasteiger partial charge is 0.336 e. The van der Waals surface area contributed by atoms with Gasteiger partial charge in [0.1, 0.15) is 11.0 Å². The lowest BCUT2D eigenvalue weighted by atomic mass is 10.0. The minimum atomic E-state index is -3.12. The van der Waals surface area contributed by atoms with Crippen molar-refractivity contribution in [2.45, 2.75) is 42.6 Å². The lowest BCUT2D eigenvalue weighted by Gasteiger charge is -2.40. The van der Waals surface area contributed by atoms with E-state index in [1.165, 1.54) is 0 Å². The molecule has 1 saturated carbocycles. The van der Waals surface area contributed by atoms with Gasteiger partial charge in [-0.15, -0.1) is 0 Å². The zero-order valence-corrected chi connectivity index (χ0v) is 14.1. The number of carbonyl (C=O) groups is 1. The molecule has 128 valence electrons. The first-order valence-electron chi connectivity index (χ1n) is 8.38. The molecule has 2 fully saturated rings. The number of aromatic nitrogens is 3. The maximum atomic E-state index is 12.7. The molecule has 0 radical (unpaired) electrons. The molecule has 1 aliphatic carbocycles. The van der Waals surface area contributed by atoms with Gasteiger partial charge in [0, 0.05) is 18.7 Å². The van der Waals surface area contributed by atoms with E-state index in [1.54, 1.807) is 23.1 Å². The molecular formula is C16H20N4O3S. The van der Waals surface area contributed by atoms with Crippen LogP contribution in [0.15, 0.2) is 18.2 Å². The van der Waals surface area contributed by atoms with Crippen molar-refractivity contribution >= 4 is 26.8 Å². The molecule has 0 bridgehead atoms. The first-order valence-corrected chi connectivity index (χ1v) is 9.99. The number of hydrogen-bond donors (Lipinski definition) is 1. The van der Waals surface area contributed by atoms with Crippen molar-refractivity contribution < 1.29 is 13.2 Å². The van der Waals surface area contributed by atoms with E-state index in [0.717, 1.165) is 32.1 Å². The highest BCUT2D eigenvalue weighted by Gasteiger charge is 2.43. The second-order valence-corrected chi connectivity index (χ2v) is 9.22. The average molecular weight is 348 g/mol. The Hall–Kier alpha value is -1.96. The van der Waals surface area contributed by atoms with E-state index in [-0.39, 0.29) is 11.2 Å². The van der Waals surface area contributed by atoms with E-state index in [4.69, 9.17) is 0 Å². The molecule has 1 aromatic carbocycles. The molecule has 2 aromatic rings. The molecule has 2 heterocycles. The number of nitrogens with one attached hydrogen (secondary N) is 1. The molecule has 0 unspecified atom stereocenters. The summed E-state index contributed by atoms with van der Waals surface area (Å²) in [5, 5.41) is 9.84. The smallest absolute Gasteiger partial charge is 0.254 e. The molecule has 1 amide bonds. The zero-order chi connectivity index (χ0) is 16.7. The Balaban J connectivity index is 1.43. The number of hydrogen-bond acceptors (Lipinski definition) is 5. The van der Waals surface area contributed by atoms with Crippen molar-refractivity contribution in [2.75, 3.05) is 13.1 Å². The van der Waals surface area contributed by atoms with Gasteiger partial charge in [0.25, 0.3) is 5.91 Å². The second kappa shape index (κ2) is 5.84. The third-order valence-electron chi connectivity index (χ3n) is 5.18. The number of rotatable bonds is 3. The van der Waals surface area contributed by atoms with E-state index in [0.29, 0.717) is 29.7 Å². The summed E-state index contributed by atoms with van der Waals surface area (Å²) >= 11 is 0. The first-order chi connectivity index (χ1) is 11.6. The lowest BCUT2D eigenvalue weighted by Crippen LogP contribution is -2.58. The predicted molar refractivity (Wildman–Crippen MR) is 89.4 cm³/mol. The van der Waals surface area contributed by atoms with Crippen molar-refractivity contribution in [1.29, 1.82) is 0 Å². The van der Waals surface area contributed by atoms with Crippen molar-refractivity contribution in [2.24, 2.45) is 0 Å². The van der Waals surface area contributed by atoms with E-state index in [9.17, 15) is 13.2 Å². The molecule has 1 aliphatic heterocycles. The fraction of sp³-hybridized carbons (Fsp3) is 0.562. The van der Waals surface area contributed by atoms with Crippen LogP contribution in [-0.2, 0) is 9.84 Å². The summed E-state index contributed by atoms with van der Waals surface area (Å²) in [5.41, 5.74) is 1.85. The molecule has 2 aliphatic rings. The number of amides is 1. The van der Waals surface area contributed by atoms with Crippen LogP contribution < -0.4 is 0 Å². The van der Waals surface area contributed by atoms with Crippen LogP contribution in [-0.4, -0.2) is 58.2 Å². The Bertz CT molecular complexity index is 864. The summed E-state index contributed by atoms with van der Waals surface area (Å²) in [6.45, 7) is 0.600. The fourth-order valence-corrected chi connectivity index (χ4v) is 5.94. The highest BCUT2D eigenvalue weighted by molar-refractivity contribution is 7.92. The van der Waals surface area contributed by atoms with Crippen LogP contribution in [0.3, 0.4) is 0 Å². The van der Waals surface area contributed by atoms with Gasteiger partial charge in [-0.3, -0.25) is 4.79 Å². The van der Waals surface area contributed by atoms with E-state index < -0.39 is 15.1 Å². The van der Waals surface area contributed by atoms with Gasteiger partial charge in [0.05, 0.1) is 10.5 Å². The summed E-state index contributed by atoms with van der Waals surface area (Å²) in [4.78, 5) is 14.1. The molecular weight excluding hydrogens is 328 g/mol. The van der Waals surface area contributed by atoms with Crippen LogP contribution in [0.25, 0.3) is 11.0 Å². The second-order valence-electron chi connectivity index (χ2n) is 6.71. The van der Waals surface area contributed by atoms with Crippen LogP contribution in [0.2, 0.25) is 0 Å². The third kappa shape index (κ3) is 2.58. The fourth-order valence-electron chi connectivity index (χ4n) is 3.63. The Morgan fingerprint density at radius 2 is 1.75 bits per heavy atom. The molecule has 1 aromatic heterocycles. The van der Waals surface area contributed by atoms with Crippen molar-refractivity contribution in [3.8, 4) is 0 Å². The number of fused-ring (bicyclic) bond motifs is 1. The summed E-state index contributed by atoms with van der Waals surface area (Å²) in [6, 6.07) is 5.13. The van der Waals surface area contributed by atoms with Crippen LogP contribution >= 0.6 is 0 Å². The van der Waals surface area contributed by atoms with E-state index in [1.807, 2.05) is 0 Å². The normalized spacial score (nSPS) is 20.2. The van der Waals surface area contributed by atoms with Crippen LogP contribution in [0.1, 0.15) is 42.5 Å². The molecule has 8 heteroatoms. The number of H-pyrrole nitrogens is 1. The van der Waals surface area contributed by atoms with Crippen LogP contribution in [0.4, 0.5) is 0 Å². The topological polar surface area (TPSA) is 96.0 Å². The quantitative estimate of drug-likeness (QED) is 0.907. The minimum Gasteiger partial charge on any atom is -0.336 e. The van der Waals surface area contributed by atoms with E-state index in [2.05, 4.69) is 15.4 Å². The van der Waals surface area contributed by atoms with Gasteiger partial charge in [-0.1, -0.05) is 19.3 Å². The van der Waals surface area contributed by atoms with Crippen LogP contribution in [0.5, 0.6) is 0 Å².